The van der Waals surface area contributed by atoms with Crippen molar-refractivity contribution in [1.82, 2.24) is 10.2 Å². The highest BCUT2D eigenvalue weighted by atomic mass is 16.3. The van der Waals surface area contributed by atoms with Crippen LogP contribution < -0.4 is 5.32 Å². The number of nitrogens with one attached hydrogen (secondary N) is 1. The lowest BCUT2D eigenvalue weighted by Gasteiger charge is -2.19. The highest BCUT2D eigenvalue weighted by Crippen LogP contribution is 2.15. The summed E-state index contributed by atoms with van der Waals surface area (Å²) in [4.78, 5) is 25.2. The molecule has 1 N–H and O–H groups in total. The Hall–Kier alpha value is -1.78. The van der Waals surface area contributed by atoms with Crippen LogP contribution in [0.1, 0.15) is 35.7 Å². The van der Waals surface area contributed by atoms with E-state index in [9.17, 15) is 9.59 Å². The standard InChI is InChI=1S/C13H20N2O3/c1-5-14-12(16)8-15(6-2)13(17)11-7-9(3)18-10(11)4/h7H,5-6,8H2,1-4H3,(H,14,16). The number of carbonyl (C=O) groups is 2. The SMILES string of the molecule is CCNC(=O)CN(CC)C(=O)c1cc(C)oc1C. The van der Waals surface area contributed by atoms with Crippen LogP contribution in [0.5, 0.6) is 0 Å². The number of aryl methyl sites for hydroxylation is 2. The summed E-state index contributed by atoms with van der Waals surface area (Å²) in [5.41, 5.74) is 0.527. The molecule has 0 atom stereocenters. The maximum atomic E-state index is 12.2. The molecule has 0 radical (unpaired) electrons. The van der Waals surface area contributed by atoms with E-state index in [-0.39, 0.29) is 18.4 Å². The molecule has 0 unspecified atom stereocenters. The van der Waals surface area contributed by atoms with E-state index in [4.69, 9.17) is 4.42 Å². The van der Waals surface area contributed by atoms with Crippen molar-refractivity contribution in [2.45, 2.75) is 27.7 Å². The van der Waals surface area contributed by atoms with Crippen LogP contribution >= 0.6 is 0 Å². The fourth-order valence-corrected chi connectivity index (χ4v) is 1.77. The van der Waals surface area contributed by atoms with Gasteiger partial charge in [-0.15, -0.1) is 0 Å². The molecule has 5 nitrogen and oxygen atoms in total. The van der Waals surface area contributed by atoms with Crippen LogP contribution in [0.25, 0.3) is 0 Å². The number of hydrogen-bond acceptors (Lipinski definition) is 3. The summed E-state index contributed by atoms with van der Waals surface area (Å²) in [6.45, 7) is 8.37. The molecule has 1 aromatic rings. The Labute approximate surface area is 107 Å². The van der Waals surface area contributed by atoms with Crippen LogP contribution in [0.3, 0.4) is 0 Å². The first-order valence-electron chi connectivity index (χ1n) is 6.12. The Bertz CT molecular complexity index is 437. The summed E-state index contributed by atoms with van der Waals surface area (Å²) in [5, 5.41) is 2.68. The summed E-state index contributed by atoms with van der Waals surface area (Å²) in [5.74, 6) is 0.973. The van der Waals surface area contributed by atoms with Crippen LogP contribution in [0.4, 0.5) is 0 Å². The second-order valence-electron chi connectivity index (χ2n) is 4.10. The van der Waals surface area contributed by atoms with Gasteiger partial charge in [0, 0.05) is 13.1 Å². The number of hydrogen-bond donors (Lipinski definition) is 1. The lowest BCUT2D eigenvalue weighted by atomic mass is 10.2. The maximum absolute atomic E-state index is 12.2. The average Bonchev–Trinajstić information content (AvgIpc) is 2.65. The number of carbonyl (C=O) groups excluding carboxylic acids is 2. The lowest BCUT2D eigenvalue weighted by molar-refractivity contribution is -0.121. The van der Waals surface area contributed by atoms with Gasteiger partial charge < -0.3 is 14.6 Å². The number of furan rings is 1. The molecule has 0 aliphatic carbocycles. The molecule has 0 bridgehead atoms. The summed E-state index contributed by atoms with van der Waals surface area (Å²) in [6, 6.07) is 1.71. The zero-order valence-electron chi connectivity index (χ0n) is 11.4. The molecule has 18 heavy (non-hydrogen) atoms. The third-order valence-corrected chi connectivity index (χ3v) is 2.65. The predicted octanol–water partition coefficient (Wildman–Crippen LogP) is 1.49. The van der Waals surface area contributed by atoms with Crippen molar-refractivity contribution in [3.8, 4) is 0 Å². The Balaban J connectivity index is 2.79. The van der Waals surface area contributed by atoms with Gasteiger partial charge in [-0.2, -0.15) is 0 Å². The van der Waals surface area contributed by atoms with E-state index in [1.165, 1.54) is 4.90 Å². The van der Waals surface area contributed by atoms with E-state index < -0.39 is 0 Å². The van der Waals surface area contributed by atoms with Gasteiger partial charge in [0.2, 0.25) is 5.91 Å². The molecule has 1 heterocycles. The Morgan fingerprint density at radius 3 is 2.44 bits per heavy atom. The molecule has 100 valence electrons. The second kappa shape index (κ2) is 6.23. The molecule has 0 aliphatic rings. The van der Waals surface area contributed by atoms with Crippen molar-refractivity contribution >= 4 is 11.8 Å². The minimum atomic E-state index is -0.168. The third-order valence-electron chi connectivity index (χ3n) is 2.65. The Morgan fingerprint density at radius 1 is 1.33 bits per heavy atom. The smallest absolute Gasteiger partial charge is 0.257 e. The first kappa shape index (κ1) is 14.3. The molecular formula is C13H20N2O3. The normalized spacial score (nSPS) is 10.2. The number of rotatable bonds is 5. The monoisotopic (exact) mass is 252 g/mol. The molecule has 0 saturated heterocycles. The quantitative estimate of drug-likeness (QED) is 0.863. The van der Waals surface area contributed by atoms with E-state index in [1.807, 2.05) is 13.8 Å². The summed E-state index contributed by atoms with van der Waals surface area (Å²) >= 11 is 0. The first-order valence-corrected chi connectivity index (χ1v) is 6.12. The predicted molar refractivity (Wildman–Crippen MR) is 68.4 cm³/mol. The Morgan fingerprint density at radius 2 is 2.00 bits per heavy atom. The zero-order valence-corrected chi connectivity index (χ0v) is 11.4. The van der Waals surface area contributed by atoms with Gasteiger partial charge in [-0.3, -0.25) is 9.59 Å². The van der Waals surface area contributed by atoms with E-state index in [2.05, 4.69) is 5.32 Å². The maximum Gasteiger partial charge on any atom is 0.257 e. The van der Waals surface area contributed by atoms with Gasteiger partial charge in [0.15, 0.2) is 0 Å². The topological polar surface area (TPSA) is 62.6 Å². The van der Waals surface area contributed by atoms with E-state index in [1.54, 1.807) is 19.9 Å². The second-order valence-corrected chi connectivity index (χ2v) is 4.10. The third kappa shape index (κ3) is 3.35. The van der Waals surface area contributed by atoms with Crippen LogP contribution in [-0.2, 0) is 4.79 Å². The van der Waals surface area contributed by atoms with E-state index in [0.717, 1.165) is 0 Å². The van der Waals surface area contributed by atoms with Gasteiger partial charge in [0.1, 0.15) is 11.5 Å². The van der Waals surface area contributed by atoms with E-state index in [0.29, 0.717) is 30.2 Å². The fourth-order valence-electron chi connectivity index (χ4n) is 1.77. The largest absolute Gasteiger partial charge is 0.466 e. The van der Waals surface area contributed by atoms with Crippen molar-refractivity contribution < 1.29 is 14.0 Å². The molecule has 0 saturated carbocycles. The minimum absolute atomic E-state index is 0.0762. The van der Waals surface area contributed by atoms with Crippen molar-refractivity contribution in [1.29, 1.82) is 0 Å². The number of amides is 2. The van der Waals surface area contributed by atoms with E-state index >= 15 is 0 Å². The molecule has 1 aromatic heterocycles. The van der Waals surface area contributed by atoms with Crippen LogP contribution in [0.15, 0.2) is 10.5 Å². The van der Waals surface area contributed by atoms with Gasteiger partial charge in [-0.1, -0.05) is 0 Å². The van der Waals surface area contributed by atoms with Crippen molar-refractivity contribution in [2.75, 3.05) is 19.6 Å². The minimum Gasteiger partial charge on any atom is -0.466 e. The van der Waals surface area contributed by atoms with Crippen molar-refractivity contribution in [2.24, 2.45) is 0 Å². The summed E-state index contributed by atoms with van der Waals surface area (Å²) in [6.07, 6.45) is 0. The summed E-state index contributed by atoms with van der Waals surface area (Å²) in [7, 11) is 0. The molecule has 0 spiro atoms. The van der Waals surface area contributed by atoms with Crippen LogP contribution in [-0.4, -0.2) is 36.3 Å². The highest BCUT2D eigenvalue weighted by Gasteiger charge is 2.21. The lowest BCUT2D eigenvalue weighted by Crippen LogP contribution is -2.40. The molecule has 0 aliphatic heterocycles. The van der Waals surface area contributed by atoms with Crippen LogP contribution in [0.2, 0.25) is 0 Å². The van der Waals surface area contributed by atoms with Crippen LogP contribution in [0, 0.1) is 13.8 Å². The number of nitrogens with zero attached hydrogens (tertiary/aromatic N) is 1. The molecular weight excluding hydrogens is 232 g/mol. The Kier molecular flexibility index (Phi) is 4.95. The van der Waals surface area contributed by atoms with Gasteiger partial charge >= 0.3 is 0 Å². The van der Waals surface area contributed by atoms with Gasteiger partial charge in [-0.25, -0.2) is 0 Å². The fraction of sp³-hybridized carbons (Fsp3) is 0.538. The van der Waals surface area contributed by atoms with Gasteiger partial charge in [-0.05, 0) is 33.8 Å². The molecule has 0 fully saturated rings. The van der Waals surface area contributed by atoms with Crippen molar-refractivity contribution in [3.63, 3.8) is 0 Å². The molecule has 2 amide bonds. The first-order chi connectivity index (χ1) is 8.49. The van der Waals surface area contributed by atoms with Crippen molar-refractivity contribution in [3.05, 3.63) is 23.2 Å². The van der Waals surface area contributed by atoms with Gasteiger partial charge in [0.05, 0.1) is 12.1 Å². The van der Waals surface area contributed by atoms with Gasteiger partial charge in [0.25, 0.3) is 5.91 Å². The average molecular weight is 252 g/mol. The number of likely N-dealkylation sites (N-methyl/N-ethyl adjacent to an activating group) is 2. The summed E-state index contributed by atoms with van der Waals surface area (Å²) < 4.78 is 5.33. The molecule has 5 heteroatoms. The zero-order chi connectivity index (χ0) is 13.7. The highest BCUT2D eigenvalue weighted by molar-refractivity contribution is 5.97. The molecule has 0 aromatic carbocycles. The molecule has 1 rings (SSSR count).